The fourth-order valence-corrected chi connectivity index (χ4v) is 13.7. The van der Waals surface area contributed by atoms with Gasteiger partial charge < -0.3 is 48.8 Å². The summed E-state index contributed by atoms with van der Waals surface area (Å²) >= 11 is 1.28. The Balaban J connectivity index is 0.00000402. The van der Waals surface area contributed by atoms with E-state index in [2.05, 4.69) is 25.5 Å². The number of guanidine groups is 1. The van der Waals surface area contributed by atoms with Crippen LogP contribution in [0.1, 0.15) is 59.4 Å². The summed E-state index contributed by atoms with van der Waals surface area (Å²) in [6.45, 7) is 10.8. The van der Waals surface area contributed by atoms with Gasteiger partial charge in [-0.2, -0.15) is 0 Å². The topological polar surface area (TPSA) is 321 Å². The molecule has 3 saturated heterocycles. The van der Waals surface area contributed by atoms with Gasteiger partial charge in [-0.15, -0.1) is 11.8 Å². The van der Waals surface area contributed by atoms with Gasteiger partial charge >= 0.3 is 59.1 Å². The predicted molar refractivity (Wildman–Crippen MR) is 244 cm³/mol. The summed E-state index contributed by atoms with van der Waals surface area (Å²) < 4.78 is 103. The van der Waals surface area contributed by atoms with Gasteiger partial charge in [0.1, 0.15) is 69.0 Å². The van der Waals surface area contributed by atoms with Crippen LogP contribution in [0, 0.1) is 11.3 Å². The molecule has 3 fully saturated rings. The summed E-state index contributed by atoms with van der Waals surface area (Å²) in [6.07, 6.45) is 5.60. The van der Waals surface area contributed by atoms with Crippen molar-refractivity contribution in [2.75, 3.05) is 36.9 Å². The Morgan fingerprint density at radius 3 is 2.57 bits per heavy atom. The van der Waals surface area contributed by atoms with Crippen LogP contribution in [0.4, 0.5) is 5.69 Å². The molecule has 0 radical (unpaired) electrons. The maximum Gasteiger partial charge on any atom is 1.00 e. The number of rotatable bonds is 15. The number of nitrogens with one attached hydrogen (secondary N) is 3. The van der Waals surface area contributed by atoms with Gasteiger partial charge in [0, 0.05) is 48.1 Å². The minimum atomic E-state index is -4.78. The Morgan fingerprint density at radius 1 is 1.17 bits per heavy atom. The van der Waals surface area contributed by atoms with Crippen molar-refractivity contribution < 1.29 is 128 Å². The Hall–Kier alpha value is -1.82. The molecule has 2 amide bonds. The van der Waals surface area contributed by atoms with Crippen LogP contribution in [0.2, 0.25) is 0 Å². The fourth-order valence-electron chi connectivity index (χ4n) is 10.6. The normalized spacial score (nSPS) is 34.0. The molecule has 7 aliphatic rings. The SMILES string of the molecule is CCN1C(=CC=CC2=[N+](CC)C3C=CC(S(=O)(=O)[O-])=CC3C2(C)CCCC(=O)NCCSC2NC3C(=O)NC(N)=NC3N2C2OC3COP(=O)([O-])OC3C2O)C(C)(C)c2ccc(S(=O)(=O)[O-])cc21.[Na+].[Na+]. The van der Waals surface area contributed by atoms with Crippen molar-refractivity contribution in [2.45, 2.75) is 112 Å². The zero-order valence-corrected chi connectivity index (χ0v) is 47.2. The minimum absolute atomic E-state index is 0. The first-order chi connectivity index (χ1) is 31.9. The van der Waals surface area contributed by atoms with Crippen LogP contribution in [0.3, 0.4) is 0 Å². The second kappa shape index (κ2) is 21.8. The third-order valence-corrected chi connectivity index (χ3v) is 17.6. The van der Waals surface area contributed by atoms with Crippen LogP contribution < -0.4 is 90.6 Å². The Labute approximate surface area is 455 Å². The molecule has 6 aliphatic heterocycles. The number of thioether (sulfide) groups is 1. The number of fused-ring (bicyclic) bond motifs is 4. The molecule has 8 rings (SSSR count). The Morgan fingerprint density at radius 2 is 1.90 bits per heavy atom. The monoisotopic (exact) mass is 1070 g/mol. The van der Waals surface area contributed by atoms with Crippen molar-refractivity contribution in [1.29, 1.82) is 0 Å². The molecule has 0 bridgehead atoms. The van der Waals surface area contributed by atoms with Crippen molar-refractivity contribution in [3.8, 4) is 0 Å². The Bertz CT molecular complexity index is 2730. The number of phosphoric acid groups is 1. The molecule has 6 N–H and O–H groups in total. The van der Waals surface area contributed by atoms with Crippen LogP contribution in [0.25, 0.3) is 0 Å². The van der Waals surface area contributed by atoms with E-state index in [9.17, 15) is 50.1 Å². The molecule has 6 heterocycles. The number of hydrogen-bond donors (Lipinski definition) is 5. The first kappa shape index (κ1) is 57.5. The van der Waals surface area contributed by atoms with E-state index >= 15 is 0 Å². The van der Waals surface area contributed by atoms with Gasteiger partial charge in [-0.25, -0.2) is 31.3 Å². The summed E-state index contributed by atoms with van der Waals surface area (Å²) in [5.74, 6) is -0.992. The number of carbonyl (C=O) groups is 2. The first-order valence-corrected chi connectivity index (χ1v) is 27.5. The maximum atomic E-state index is 13.4. The fraction of sp³-hybridized carbons (Fsp3) is 0.571. The number of aliphatic hydroxyl groups is 1. The Kier molecular flexibility index (Phi) is 17.9. The number of hydrogen-bond acceptors (Lipinski definition) is 20. The number of carbonyl (C=O) groups excluding carboxylic acids is 2. The minimum Gasteiger partial charge on any atom is -0.756 e. The molecular weight excluding hydrogens is 1010 g/mol. The van der Waals surface area contributed by atoms with E-state index in [1.54, 1.807) is 17.0 Å². The molecule has 1 aromatic rings. The van der Waals surface area contributed by atoms with Crippen molar-refractivity contribution in [1.82, 2.24) is 20.9 Å². The van der Waals surface area contributed by atoms with E-state index < -0.39 is 93.0 Å². The van der Waals surface area contributed by atoms with Crippen LogP contribution in [0.15, 0.2) is 75.1 Å². The van der Waals surface area contributed by atoms with E-state index in [0.717, 1.165) is 17.0 Å². The van der Waals surface area contributed by atoms with Gasteiger partial charge in [0.25, 0.3) is 7.82 Å². The number of likely N-dealkylation sites (N-methyl/N-ethyl adjacent to an activating group) is 2. The van der Waals surface area contributed by atoms with Crippen LogP contribution in [0.5, 0.6) is 0 Å². The van der Waals surface area contributed by atoms with Gasteiger partial charge in [-0.05, 0) is 69.5 Å². The van der Waals surface area contributed by atoms with Gasteiger partial charge in [0.15, 0.2) is 17.7 Å². The van der Waals surface area contributed by atoms with Gasteiger partial charge in [-0.3, -0.25) is 24.8 Å². The zero-order chi connectivity index (χ0) is 49.3. The second-order valence-electron chi connectivity index (χ2n) is 18.2. The van der Waals surface area contributed by atoms with Crippen LogP contribution in [-0.4, -0.2) is 144 Å². The molecule has 11 atom stereocenters. The molecule has 70 heavy (non-hydrogen) atoms. The van der Waals surface area contributed by atoms with Crippen molar-refractivity contribution in [3.63, 3.8) is 0 Å². The average molecular weight is 1070 g/mol. The van der Waals surface area contributed by atoms with Gasteiger partial charge in [-0.1, -0.05) is 32.1 Å². The average Bonchev–Trinajstić information content (AvgIpc) is 3.92. The first-order valence-electron chi connectivity index (χ1n) is 22.2. The van der Waals surface area contributed by atoms with E-state index in [1.807, 2.05) is 57.7 Å². The standard InChI is InChI=1S/C42H57N8O14PS3.2Na/c1-6-48-27-16-14-23(67(56,57)58)20-26(27)42(5,31(48)11-8-10-30-41(3,4)25-15-13-24(68(59,60)61)21-28(25)49(30)7-2)17-9-12-32(51)44-18-19-66-40-45-33-36(46-39(43)47-37(33)53)50(40)38-34(52)35-29(63-38)22-62-65(54,55)64-35;;/h8,10-11,13-16,20-21,26-27,29,33-36,38,40,45,52H,6-7,9,12,17-19,22H2,1-5H3,(H6-,43,44,46,47,51,53,54,55,56,57,58,59,60,61);;/q;2*+1/p-2. The molecule has 372 valence electrons. The second-order valence-corrected chi connectivity index (χ2v) is 23.5. The van der Waals surface area contributed by atoms with Crippen LogP contribution in [-0.2, 0) is 53.6 Å². The van der Waals surface area contributed by atoms with Crippen molar-refractivity contribution in [2.24, 2.45) is 22.1 Å². The summed E-state index contributed by atoms with van der Waals surface area (Å²) in [5, 5.41) is 19.8. The van der Waals surface area contributed by atoms with E-state index in [0.29, 0.717) is 37.4 Å². The summed E-state index contributed by atoms with van der Waals surface area (Å²) in [6, 6.07) is 3.22. The zero-order valence-electron chi connectivity index (χ0n) is 39.8. The number of phosphoric ester groups is 1. The number of aliphatic hydroxyl groups excluding tert-OH is 1. The molecule has 0 spiro atoms. The number of aliphatic imine (C=N–C) groups is 1. The van der Waals surface area contributed by atoms with Crippen molar-refractivity contribution in [3.05, 3.63) is 70.8 Å². The summed E-state index contributed by atoms with van der Waals surface area (Å²) in [4.78, 5) is 45.7. The van der Waals surface area contributed by atoms with Gasteiger partial charge in [0.2, 0.25) is 11.8 Å². The molecule has 1 aliphatic carbocycles. The molecule has 22 nitrogen and oxygen atoms in total. The molecule has 1 aromatic carbocycles. The largest absolute Gasteiger partial charge is 1.00 e. The number of allylic oxidation sites excluding steroid dienone is 5. The van der Waals surface area contributed by atoms with Crippen LogP contribution >= 0.6 is 19.6 Å². The number of nitrogens with two attached hydrogens (primary N) is 1. The summed E-state index contributed by atoms with van der Waals surface area (Å²) in [5.41, 5.74) is 7.09. The van der Waals surface area contributed by atoms with Gasteiger partial charge in [0.05, 0.1) is 27.7 Å². The molecule has 0 aromatic heterocycles. The quantitative estimate of drug-likeness (QED) is 0.0359. The maximum absolute atomic E-state index is 13.4. The number of ether oxygens (including phenoxy) is 1. The smallest absolute Gasteiger partial charge is 0.756 e. The predicted octanol–water partition coefficient (Wildman–Crippen LogP) is -6.05. The summed E-state index contributed by atoms with van der Waals surface area (Å²) in [7, 11) is -14.1. The third-order valence-electron chi connectivity index (χ3n) is 13.8. The van der Waals surface area contributed by atoms with E-state index in [1.165, 1.54) is 36.0 Å². The third kappa shape index (κ3) is 11.1. The van der Waals surface area contributed by atoms with E-state index in [4.69, 9.17) is 19.5 Å². The molecule has 0 saturated carbocycles. The molecular formula is C42H55N8Na2O14PS3. The van der Waals surface area contributed by atoms with E-state index in [-0.39, 0.29) is 106 Å². The number of benzene rings is 1. The molecule has 28 heteroatoms. The number of nitrogens with zero attached hydrogens (tertiary/aromatic N) is 4. The number of amides is 2. The number of anilines is 1. The molecule has 11 unspecified atom stereocenters. The van der Waals surface area contributed by atoms with Crippen molar-refractivity contribution >= 4 is 69.0 Å².